The molecule has 0 atom stereocenters. The summed E-state index contributed by atoms with van der Waals surface area (Å²) in [6, 6.07) is 8.76. The van der Waals surface area contributed by atoms with Crippen LogP contribution in [0.5, 0.6) is 0 Å². The molecular formula is C16H26N2S. The highest BCUT2D eigenvalue weighted by atomic mass is 32.1. The van der Waals surface area contributed by atoms with Crippen LogP contribution < -0.4 is 10.6 Å². The van der Waals surface area contributed by atoms with Gasteiger partial charge in [-0.1, -0.05) is 52.0 Å². The van der Waals surface area contributed by atoms with Crippen molar-refractivity contribution in [2.75, 3.05) is 11.4 Å². The Bertz CT molecular complexity index is 411. The summed E-state index contributed by atoms with van der Waals surface area (Å²) in [5.41, 5.74) is 8.04. The highest BCUT2D eigenvalue weighted by molar-refractivity contribution is 7.80. The lowest BCUT2D eigenvalue weighted by Crippen LogP contribution is -2.38. The van der Waals surface area contributed by atoms with Gasteiger partial charge in [0.1, 0.15) is 4.99 Å². The second-order valence-corrected chi connectivity index (χ2v) is 5.84. The topological polar surface area (TPSA) is 29.3 Å². The molecule has 0 bridgehead atoms. The molecule has 0 aromatic heterocycles. The van der Waals surface area contributed by atoms with Crippen LogP contribution in [0.15, 0.2) is 24.3 Å². The molecule has 0 saturated carbocycles. The summed E-state index contributed by atoms with van der Waals surface area (Å²) >= 11 is 5.19. The van der Waals surface area contributed by atoms with E-state index in [0.717, 1.165) is 24.9 Å². The Hall–Kier alpha value is -1.09. The molecule has 0 spiro atoms. The van der Waals surface area contributed by atoms with Crippen molar-refractivity contribution in [3.8, 4) is 0 Å². The van der Waals surface area contributed by atoms with Crippen LogP contribution in [0.2, 0.25) is 0 Å². The first kappa shape index (κ1) is 16.0. The van der Waals surface area contributed by atoms with Crippen LogP contribution in [-0.2, 0) is 0 Å². The Morgan fingerprint density at radius 2 is 1.79 bits per heavy atom. The van der Waals surface area contributed by atoms with Gasteiger partial charge < -0.3 is 10.6 Å². The summed E-state index contributed by atoms with van der Waals surface area (Å²) in [5.74, 6) is 0.611. The van der Waals surface area contributed by atoms with Crippen LogP contribution in [0.4, 0.5) is 5.69 Å². The van der Waals surface area contributed by atoms with E-state index in [1.807, 2.05) is 12.1 Å². The number of nitrogens with zero attached hydrogens (tertiary/aromatic N) is 1. The first-order chi connectivity index (χ1) is 9.01. The number of rotatable bonds is 7. The predicted octanol–water partition coefficient (Wildman–Crippen LogP) is 3.97. The van der Waals surface area contributed by atoms with Gasteiger partial charge in [0, 0.05) is 23.8 Å². The molecule has 1 aromatic rings. The lowest BCUT2D eigenvalue weighted by molar-refractivity contribution is 0.507. The zero-order chi connectivity index (χ0) is 14.4. The molecule has 0 fully saturated rings. The maximum atomic E-state index is 5.87. The Morgan fingerprint density at radius 3 is 2.26 bits per heavy atom. The highest BCUT2D eigenvalue weighted by Crippen LogP contribution is 2.26. The number of hydrogen-bond donors (Lipinski definition) is 1. The molecule has 0 aliphatic carbocycles. The molecule has 0 aliphatic rings. The van der Waals surface area contributed by atoms with E-state index in [4.69, 9.17) is 18.0 Å². The third kappa shape index (κ3) is 4.20. The summed E-state index contributed by atoms with van der Waals surface area (Å²) < 4.78 is 0. The van der Waals surface area contributed by atoms with E-state index in [2.05, 4.69) is 44.7 Å². The number of hydrogen-bond acceptors (Lipinski definition) is 2. The van der Waals surface area contributed by atoms with Crippen molar-refractivity contribution in [1.29, 1.82) is 0 Å². The molecule has 0 amide bonds. The summed E-state index contributed by atoms with van der Waals surface area (Å²) in [6.45, 7) is 10.0. The van der Waals surface area contributed by atoms with Crippen molar-refractivity contribution in [2.24, 2.45) is 11.7 Å². The number of thiocarbonyl (C=S) groups is 1. The largest absolute Gasteiger partial charge is 0.389 e. The van der Waals surface area contributed by atoms with Crippen LogP contribution in [0.3, 0.4) is 0 Å². The van der Waals surface area contributed by atoms with E-state index >= 15 is 0 Å². The van der Waals surface area contributed by atoms with Crippen molar-refractivity contribution in [1.82, 2.24) is 0 Å². The molecule has 0 unspecified atom stereocenters. The minimum absolute atomic E-state index is 0.482. The maximum Gasteiger partial charge on any atom is 0.106 e. The number of anilines is 1. The second-order valence-electron chi connectivity index (χ2n) is 5.40. The van der Waals surface area contributed by atoms with E-state index in [-0.39, 0.29) is 0 Å². The minimum atomic E-state index is 0.482. The molecule has 1 aromatic carbocycles. The molecule has 1 rings (SSSR count). The molecule has 2 nitrogen and oxygen atoms in total. The second kappa shape index (κ2) is 7.49. The highest BCUT2D eigenvalue weighted by Gasteiger charge is 2.20. The normalized spacial score (nSPS) is 11.1. The van der Waals surface area contributed by atoms with Gasteiger partial charge in [-0.3, -0.25) is 0 Å². The fourth-order valence-corrected chi connectivity index (χ4v) is 2.67. The Kier molecular flexibility index (Phi) is 6.29. The minimum Gasteiger partial charge on any atom is -0.389 e. The van der Waals surface area contributed by atoms with E-state index < -0.39 is 0 Å². The van der Waals surface area contributed by atoms with Crippen LogP contribution >= 0.6 is 12.2 Å². The zero-order valence-electron chi connectivity index (χ0n) is 12.5. The van der Waals surface area contributed by atoms with Crippen molar-refractivity contribution >= 4 is 22.9 Å². The Morgan fingerprint density at radius 1 is 1.21 bits per heavy atom. The van der Waals surface area contributed by atoms with E-state index in [1.54, 1.807) is 0 Å². The zero-order valence-corrected chi connectivity index (χ0v) is 13.3. The summed E-state index contributed by atoms with van der Waals surface area (Å²) in [7, 11) is 0. The number of nitrogens with two attached hydrogens (primary N) is 1. The average Bonchev–Trinajstić information content (AvgIpc) is 2.38. The molecule has 0 aliphatic heterocycles. The monoisotopic (exact) mass is 278 g/mol. The molecular weight excluding hydrogens is 252 g/mol. The van der Waals surface area contributed by atoms with Crippen LogP contribution in [0.1, 0.15) is 46.1 Å². The number of para-hydroxylation sites is 1. The van der Waals surface area contributed by atoms with Crippen molar-refractivity contribution in [2.45, 2.75) is 46.6 Å². The molecule has 0 heterocycles. The lowest BCUT2D eigenvalue weighted by Gasteiger charge is -2.35. The maximum absolute atomic E-state index is 5.87. The average molecular weight is 278 g/mol. The Balaban J connectivity index is 3.20. The summed E-state index contributed by atoms with van der Waals surface area (Å²) in [4.78, 5) is 2.95. The van der Waals surface area contributed by atoms with Crippen LogP contribution in [0, 0.1) is 5.92 Å². The van der Waals surface area contributed by atoms with Gasteiger partial charge in [-0.15, -0.1) is 0 Å². The lowest BCUT2D eigenvalue weighted by atomic mass is 10.0. The van der Waals surface area contributed by atoms with Gasteiger partial charge in [0.25, 0.3) is 0 Å². The summed E-state index contributed by atoms with van der Waals surface area (Å²) in [6.07, 6.45) is 2.27. The molecule has 0 radical (unpaired) electrons. The molecule has 2 N–H and O–H groups in total. The quantitative estimate of drug-likeness (QED) is 0.765. The van der Waals surface area contributed by atoms with Gasteiger partial charge >= 0.3 is 0 Å². The van der Waals surface area contributed by atoms with Crippen LogP contribution in [0.25, 0.3) is 0 Å². The van der Waals surface area contributed by atoms with Gasteiger partial charge in [-0.2, -0.15) is 0 Å². The first-order valence-corrected chi connectivity index (χ1v) is 7.57. The fraction of sp³-hybridized carbons (Fsp3) is 0.562. The van der Waals surface area contributed by atoms with Gasteiger partial charge in [0.2, 0.25) is 0 Å². The van der Waals surface area contributed by atoms with Crippen molar-refractivity contribution < 1.29 is 0 Å². The summed E-state index contributed by atoms with van der Waals surface area (Å²) in [5, 5.41) is 0. The Labute approximate surface area is 123 Å². The SMILES string of the molecule is CCC(CC)N(CC(C)C)c1ccccc1C(N)=S. The molecule has 0 saturated heterocycles. The fourth-order valence-electron chi connectivity index (χ4n) is 2.50. The van der Waals surface area contributed by atoms with Crippen LogP contribution in [-0.4, -0.2) is 17.6 Å². The van der Waals surface area contributed by atoms with E-state index in [0.29, 0.717) is 16.9 Å². The first-order valence-electron chi connectivity index (χ1n) is 7.16. The molecule has 106 valence electrons. The number of benzene rings is 1. The van der Waals surface area contributed by atoms with Crippen molar-refractivity contribution in [3.63, 3.8) is 0 Å². The third-order valence-corrected chi connectivity index (χ3v) is 3.64. The van der Waals surface area contributed by atoms with Gasteiger partial charge in [-0.25, -0.2) is 0 Å². The van der Waals surface area contributed by atoms with Crippen molar-refractivity contribution in [3.05, 3.63) is 29.8 Å². The van der Waals surface area contributed by atoms with E-state index in [1.165, 1.54) is 5.69 Å². The van der Waals surface area contributed by atoms with E-state index in [9.17, 15) is 0 Å². The van der Waals surface area contributed by atoms with Gasteiger partial charge in [-0.05, 0) is 30.9 Å². The molecule has 3 heteroatoms. The smallest absolute Gasteiger partial charge is 0.106 e. The standard InChI is InChI=1S/C16H26N2S/c1-5-13(6-2)18(11-12(3)4)15-10-8-7-9-14(15)16(17)19/h7-10,12-13H,5-6,11H2,1-4H3,(H2,17,19). The predicted molar refractivity (Wildman–Crippen MR) is 88.9 cm³/mol. The third-order valence-electron chi connectivity index (χ3n) is 3.42. The van der Waals surface area contributed by atoms with Gasteiger partial charge in [0.05, 0.1) is 0 Å². The molecule has 19 heavy (non-hydrogen) atoms. The van der Waals surface area contributed by atoms with Gasteiger partial charge in [0.15, 0.2) is 0 Å².